The second-order valence-corrected chi connectivity index (χ2v) is 6.51. The molecule has 1 aromatic carbocycles. The van der Waals surface area contributed by atoms with Crippen molar-refractivity contribution in [2.75, 3.05) is 5.32 Å². The van der Waals surface area contributed by atoms with E-state index >= 15 is 0 Å². The first kappa shape index (κ1) is 12.2. The second kappa shape index (κ2) is 4.68. The van der Waals surface area contributed by atoms with Crippen molar-refractivity contribution >= 4 is 34.0 Å². The van der Waals surface area contributed by atoms with Gasteiger partial charge >= 0.3 is 0 Å². The molecule has 0 amide bonds. The molecular formula is C13H15IN2O2. The Morgan fingerprint density at radius 1 is 1.33 bits per heavy atom. The molecule has 3 unspecified atom stereocenters. The van der Waals surface area contributed by atoms with Gasteiger partial charge in [0.25, 0.3) is 5.69 Å². The fraction of sp³-hybridized carbons (Fsp3) is 0.538. The molecular weight excluding hydrogens is 343 g/mol. The quantitative estimate of drug-likeness (QED) is 0.508. The van der Waals surface area contributed by atoms with Crippen LogP contribution in [0.25, 0.3) is 0 Å². The molecule has 3 rings (SSSR count). The molecule has 5 heteroatoms. The van der Waals surface area contributed by atoms with E-state index in [0.717, 1.165) is 21.1 Å². The molecule has 0 saturated heterocycles. The highest BCUT2D eigenvalue weighted by Crippen LogP contribution is 2.45. The Hall–Kier alpha value is -0.850. The number of nitro benzene ring substituents is 1. The third-order valence-electron chi connectivity index (χ3n) is 4.24. The van der Waals surface area contributed by atoms with E-state index in [-0.39, 0.29) is 10.6 Å². The minimum atomic E-state index is -0.344. The van der Waals surface area contributed by atoms with Crippen LogP contribution < -0.4 is 5.32 Å². The Kier molecular flexibility index (Phi) is 3.17. The molecule has 0 aliphatic heterocycles. The highest BCUT2D eigenvalue weighted by molar-refractivity contribution is 14.1. The van der Waals surface area contributed by atoms with Gasteiger partial charge in [0, 0.05) is 27.4 Å². The van der Waals surface area contributed by atoms with E-state index in [1.165, 1.54) is 25.7 Å². The molecule has 1 N–H and O–H groups in total. The van der Waals surface area contributed by atoms with Crippen molar-refractivity contribution < 1.29 is 4.92 Å². The van der Waals surface area contributed by atoms with Crippen LogP contribution >= 0.6 is 22.6 Å². The van der Waals surface area contributed by atoms with Crippen LogP contribution in [0.15, 0.2) is 18.2 Å². The minimum Gasteiger partial charge on any atom is -0.381 e. The molecule has 0 radical (unpaired) electrons. The molecule has 96 valence electrons. The Labute approximate surface area is 119 Å². The van der Waals surface area contributed by atoms with Gasteiger partial charge in [-0.05, 0) is 59.8 Å². The van der Waals surface area contributed by atoms with E-state index in [1.807, 2.05) is 6.07 Å². The van der Waals surface area contributed by atoms with E-state index in [0.29, 0.717) is 6.04 Å². The molecule has 2 aliphatic carbocycles. The van der Waals surface area contributed by atoms with Crippen molar-refractivity contribution in [3.05, 3.63) is 31.9 Å². The fourth-order valence-corrected chi connectivity index (χ4v) is 4.01. The highest BCUT2D eigenvalue weighted by Gasteiger charge is 2.39. The van der Waals surface area contributed by atoms with Gasteiger partial charge in [-0.15, -0.1) is 0 Å². The van der Waals surface area contributed by atoms with Gasteiger partial charge in [0.1, 0.15) is 0 Å². The summed E-state index contributed by atoms with van der Waals surface area (Å²) in [7, 11) is 0. The van der Waals surface area contributed by atoms with Gasteiger partial charge in [-0.25, -0.2) is 0 Å². The number of nitrogens with one attached hydrogen (secondary N) is 1. The molecule has 0 aromatic heterocycles. The van der Waals surface area contributed by atoms with Crippen LogP contribution in [0.4, 0.5) is 11.4 Å². The first-order valence-corrected chi connectivity index (χ1v) is 7.42. The maximum atomic E-state index is 10.7. The Morgan fingerprint density at radius 2 is 2.17 bits per heavy atom. The summed E-state index contributed by atoms with van der Waals surface area (Å²) in [6.07, 6.45) is 5.35. The number of nitro groups is 1. The third kappa shape index (κ3) is 2.20. The molecule has 3 atom stereocenters. The molecule has 18 heavy (non-hydrogen) atoms. The molecule has 2 saturated carbocycles. The molecule has 4 nitrogen and oxygen atoms in total. The lowest BCUT2D eigenvalue weighted by Gasteiger charge is -2.24. The Balaban J connectivity index is 1.75. The van der Waals surface area contributed by atoms with E-state index in [2.05, 4.69) is 27.9 Å². The topological polar surface area (TPSA) is 55.2 Å². The molecule has 2 bridgehead atoms. The summed E-state index contributed by atoms with van der Waals surface area (Å²) >= 11 is 2.17. The van der Waals surface area contributed by atoms with Crippen molar-refractivity contribution in [3.63, 3.8) is 0 Å². The number of halogens is 1. The number of benzene rings is 1. The average Bonchev–Trinajstić information content (AvgIpc) is 2.93. The van der Waals surface area contributed by atoms with Crippen LogP contribution in [-0.2, 0) is 0 Å². The first-order valence-electron chi connectivity index (χ1n) is 6.34. The van der Waals surface area contributed by atoms with Crippen molar-refractivity contribution in [3.8, 4) is 0 Å². The van der Waals surface area contributed by atoms with E-state index in [9.17, 15) is 10.1 Å². The Bertz CT molecular complexity index is 492. The van der Waals surface area contributed by atoms with Crippen molar-refractivity contribution in [2.24, 2.45) is 11.8 Å². The largest absolute Gasteiger partial charge is 0.381 e. The average molecular weight is 358 g/mol. The second-order valence-electron chi connectivity index (χ2n) is 5.35. The highest BCUT2D eigenvalue weighted by atomic mass is 127. The lowest BCUT2D eigenvalue weighted by Crippen LogP contribution is -2.26. The van der Waals surface area contributed by atoms with Gasteiger partial charge in [0.15, 0.2) is 0 Å². The SMILES string of the molecule is O=[N+]([O-])c1ccc(NC2CC3CCC2C3)c(I)c1. The smallest absolute Gasteiger partial charge is 0.270 e. The zero-order chi connectivity index (χ0) is 12.7. The first-order chi connectivity index (χ1) is 8.63. The number of anilines is 1. The van der Waals surface area contributed by atoms with Crippen LogP contribution in [-0.4, -0.2) is 11.0 Å². The minimum absolute atomic E-state index is 0.165. The predicted molar refractivity (Wildman–Crippen MR) is 78.7 cm³/mol. The van der Waals surface area contributed by atoms with Gasteiger partial charge in [-0.2, -0.15) is 0 Å². The molecule has 2 aliphatic rings. The van der Waals surface area contributed by atoms with Crippen LogP contribution in [0.2, 0.25) is 0 Å². The van der Waals surface area contributed by atoms with Crippen molar-refractivity contribution in [1.29, 1.82) is 0 Å². The summed E-state index contributed by atoms with van der Waals surface area (Å²) in [5.74, 6) is 1.71. The van der Waals surface area contributed by atoms with Gasteiger partial charge in [0.2, 0.25) is 0 Å². The summed E-state index contributed by atoms with van der Waals surface area (Å²) in [6.45, 7) is 0. The molecule has 0 spiro atoms. The number of hydrogen-bond donors (Lipinski definition) is 1. The standard InChI is InChI=1S/C13H15IN2O2/c14-11-7-10(16(17)18)3-4-12(11)15-13-6-8-1-2-9(13)5-8/h3-4,7-9,13,15H,1-2,5-6H2. The predicted octanol–water partition coefficient (Wildman–Crippen LogP) is 3.80. The number of nitrogens with zero attached hydrogens (tertiary/aromatic N) is 1. The summed E-state index contributed by atoms with van der Waals surface area (Å²) in [5, 5.41) is 14.3. The van der Waals surface area contributed by atoms with Crippen molar-refractivity contribution in [2.45, 2.75) is 31.7 Å². The number of non-ortho nitro benzene ring substituents is 1. The summed E-state index contributed by atoms with van der Waals surface area (Å²) in [4.78, 5) is 10.4. The van der Waals surface area contributed by atoms with Gasteiger partial charge < -0.3 is 5.32 Å². The molecule has 1 aromatic rings. The lowest BCUT2D eigenvalue weighted by atomic mass is 9.95. The van der Waals surface area contributed by atoms with E-state index in [1.54, 1.807) is 12.1 Å². The maximum Gasteiger partial charge on any atom is 0.270 e. The van der Waals surface area contributed by atoms with E-state index in [4.69, 9.17) is 0 Å². The number of fused-ring (bicyclic) bond motifs is 2. The van der Waals surface area contributed by atoms with Gasteiger partial charge in [-0.3, -0.25) is 10.1 Å². The van der Waals surface area contributed by atoms with Crippen molar-refractivity contribution in [1.82, 2.24) is 0 Å². The summed E-state index contributed by atoms with van der Waals surface area (Å²) in [5.41, 5.74) is 1.21. The number of rotatable bonds is 3. The fourth-order valence-electron chi connectivity index (χ4n) is 3.36. The zero-order valence-corrected chi connectivity index (χ0v) is 12.1. The Morgan fingerprint density at radius 3 is 2.72 bits per heavy atom. The molecule has 2 fully saturated rings. The summed E-state index contributed by atoms with van der Waals surface area (Å²) < 4.78 is 0.935. The van der Waals surface area contributed by atoms with E-state index < -0.39 is 0 Å². The van der Waals surface area contributed by atoms with Crippen LogP contribution in [0.5, 0.6) is 0 Å². The normalized spacial score (nSPS) is 29.5. The van der Waals surface area contributed by atoms with Crippen LogP contribution in [0.3, 0.4) is 0 Å². The van der Waals surface area contributed by atoms with Gasteiger partial charge in [-0.1, -0.05) is 6.42 Å². The van der Waals surface area contributed by atoms with Crippen LogP contribution in [0, 0.1) is 25.5 Å². The monoisotopic (exact) mass is 358 g/mol. The molecule has 0 heterocycles. The third-order valence-corrected chi connectivity index (χ3v) is 5.13. The summed E-state index contributed by atoms with van der Waals surface area (Å²) in [6, 6.07) is 5.62. The van der Waals surface area contributed by atoms with Gasteiger partial charge in [0.05, 0.1) is 4.92 Å². The van der Waals surface area contributed by atoms with Crippen LogP contribution in [0.1, 0.15) is 25.7 Å². The number of hydrogen-bond acceptors (Lipinski definition) is 3. The maximum absolute atomic E-state index is 10.7. The lowest BCUT2D eigenvalue weighted by molar-refractivity contribution is -0.384. The zero-order valence-electron chi connectivity index (χ0n) is 9.93.